The fourth-order valence-corrected chi connectivity index (χ4v) is 6.05. The minimum atomic E-state index is -3.46. The summed E-state index contributed by atoms with van der Waals surface area (Å²) in [4.78, 5) is 0.421. The minimum Gasteiger partial charge on any atom is -0.346 e. The maximum absolute atomic E-state index is 13.0. The average Bonchev–Trinajstić information content (AvgIpc) is 3.25. The molecule has 1 fully saturated rings. The van der Waals surface area contributed by atoms with Gasteiger partial charge in [-0.25, -0.2) is 8.42 Å². The number of piperidine rings is 1. The fourth-order valence-electron chi connectivity index (χ4n) is 3.46. The van der Waals surface area contributed by atoms with Gasteiger partial charge >= 0.3 is 0 Å². The van der Waals surface area contributed by atoms with Crippen LogP contribution in [0.4, 0.5) is 0 Å². The lowest BCUT2D eigenvalue weighted by atomic mass is 10.00. The summed E-state index contributed by atoms with van der Waals surface area (Å²) in [5, 5.41) is 6.05. The Balaban J connectivity index is 1.79. The van der Waals surface area contributed by atoms with E-state index in [1.54, 1.807) is 17.5 Å². The van der Waals surface area contributed by atoms with Gasteiger partial charge < -0.3 is 9.88 Å². The van der Waals surface area contributed by atoms with Gasteiger partial charge in [0.2, 0.25) is 9.84 Å². The molecule has 3 heterocycles. The standard InChI is InChI=1S/C18H20N2O2S2/c21-24(22,18-8-4-10-23-18)17-13-20(12-14-5-3-9-19-11-14)16-7-2-1-6-15(16)17/h1-2,4,6-8,10,13-14,19H,3,5,9,11-12H2. The van der Waals surface area contributed by atoms with Crippen molar-refractivity contribution >= 4 is 32.1 Å². The predicted octanol–water partition coefficient (Wildman–Crippen LogP) is 3.54. The highest BCUT2D eigenvalue weighted by molar-refractivity contribution is 7.93. The van der Waals surface area contributed by atoms with Crippen molar-refractivity contribution in [1.29, 1.82) is 0 Å². The van der Waals surface area contributed by atoms with Crippen LogP contribution >= 0.6 is 11.3 Å². The highest BCUT2D eigenvalue weighted by Gasteiger charge is 2.25. The molecule has 1 N–H and O–H groups in total. The summed E-state index contributed by atoms with van der Waals surface area (Å²) in [7, 11) is -3.46. The van der Waals surface area contributed by atoms with Gasteiger partial charge in [0.15, 0.2) is 0 Å². The van der Waals surface area contributed by atoms with Crippen molar-refractivity contribution in [3.05, 3.63) is 48.0 Å². The Morgan fingerprint density at radius 1 is 1.21 bits per heavy atom. The van der Waals surface area contributed by atoms with Crippen LogP contribution in [0.25, 0.3) is 10.9 Å². The average molecular weight is 361 g/mol. The summed E-state index contributed by atoms with van der Waals surface area (Å²) >= 11 is 1.27. The van der Waals surface area contributed by atoms with Crippen LogP contribution in [0.15, 0.2) is 57.1 Å². The van der Waals surface area contributed by atoms with Gasteiger partial charge in [-0.15, -0.1) is 11.3 Å². The van der Waals surface area contributed by atoms with Crippen LogP contribution in [-0.4, -0.2) is 26.1 Å². The van der Waals surface area contributed by atoms with Gasteiger partial charge in [-0.2, -0.15) is 0 Å². The van der Waals surface area contributed by atoms with E-state index in [-0.39, 0.29) is 0 Å². The highest BCUT2D eigenvalue weighted by Crippen LogP contribution is 2.32. The molecule has 0 bridgehead atoms. The molecule has 6 heteroatoms. The van der Waals surface area contributed by atoms with Crippen LogP contribution < -0.4 is 5.32 Å². The van der Waals surface area contributed by atoms with Gasteiger partial charge in [0.1, 0.15) is 4.21 Å². The van der Waals surface area contributed by atoms with Crippen LogP contribution in [0.3, 0.4) is 0 Å². The molecule has 4 rings (SSSR count). The van der Waals surface area contributed by atoms with E-state index in [0.717, 1.165) is 30.5 Å². The Morgan fingerprint density at radius 2 is 2.08 bits per heavy atom. The highest BCUT2D eigenvalue weighted by atomic mass is 32.2. The number of sulfone groups is 1. The maximum atomic E-state index is 13.0. The van der Waals surface area contributed by atoms with Crippen molar-refractivity contribution in [2.24, 2.45) is 5.92 Å². The first-order chi connectivity index (χ1) is 11.7. The molecule has 0 amide bonds. The molecule has 1 aliphatic heterocycles. The molecule has 2 aromatic heterocycles. The monoisotopic (exact) mass is 360 g/mol. The number of fused-ring (bicyclic) bond motifs is 1. The number of hydrogen-bond acceptors (Lipinski definition) is 4. The van der Waals surface area contributed by atoms with Crippen LogP contribution in [0, 0.1) is 5.92 Å². The lowest BCUT2D eigenvalue weighted by molar-refractivity contribution is 0.340. The topological polar surface area (TPSA) is 51.1 Å². The van der Waals surface area contributed by atoms with Crippen LogP contribution in [-0.2, 0) is 16.4 Å². The number of benzene rings is 1. The summed E-state index contributed by atoms with van der Waals surface area (Å²) in [6, 6.07) is 11.3. The maximum Gasteiger partial charge on any atom is 0.218 e. The first-order valence-electron chi connectivity index (χ1n) is 8.23. The van der Waals surface area contributed by atoms with Gasteiger partial charge in [0.25, 0.3) is 0 Å². The van der Waals surface area contributed by atoms with E-state index in [4.69, 9.17) is 0 Å². The van der Waals surface area contributed by atoms with Crippen LogP contribution in [0.2, 0.25) is 0 Å². The zero-order valence-corrected chi connectivity index (χ0v) is 14.9. The first kappa shape index (κ1) is 15.9. The molecule has 1 unspecified atom stereocenters. The van der Waals surface area contributed by atoms with Crippen LogP contribution in [0.1, 0.15) is 12.8 Å². The molecule has 1 atom stereocenters. The van der Waals surface area contributed by atoms with E-state index in [9.17, 15) is 8.42 Å². The molecule has 1 aliphatic rings. The summed E-state index contributed by atoms with van der Waals surface area (Å²) in [6.07, 6.45) is 4.20. The normalized spacial score (nSPS) is 18.9. The van der Waals surface area contributed by atoms with Crippen LogP contribution in [0.5, 0.6) is 0 Å². The Morgan fingerprint density at radius 3 is 2.83 bits per heavy atom. The van der Waals surface area contributed by atoms with E-state index in [1.165, 1.54) is 24.2 Å². The third-order valence-corrected chi connectivity index (χ3v) is 7.83. The van der Waals surface area contributed by atoms with Crippen molar-refractivity contribution < 1.29 is 8.42 Å². The molecule has 4 nitrogen and oxygen atoms in total. The Labute approximate surface area is 146 Å². The third kappa shape index (κ3) is 2.79. The molecule has 0 radical (unpaired) electrons. The number of hydrogen-bond donors (Lipinski definition) is 1. The number of nitrogens with zero attached hydrogens (tertiary/aromatic N) is 1. The summed E-state index contributed by atoms with van der Waals surface area (Å²) in [5.74, 6) is 0.548. The van der Waals surface area contributed by atoms with E-state index in [1.807, 2.05) is 30.5 Å². The molecule has 126 valence electrons. The number of para-hydroxylation sites is 1. The predicted molar refractivity (Wildman–Crippen MR) is 97.3 cm³/mol. The smallest absolute Gasteiger partial charge is 0.218 e. The Bertz CT molecular complexity index is 937. The zero-order valence-electron chi connectivity index (χ0n) is 13.3. The number of aromatic nitrogens is 1. The van der Waals surface area contributed by atoms with Crippen molar-refractivity contribution in [3.8, 4) is 0 Å². The molecule has 0 aliphatic carbocycles. The second-order valence-corrected chi connectivity index (χ2v) is 9.40. The number of rotatable bonds is 4. The molecule has 0 spiro atoms. The molecule has 1 aromatic carbocycles. The first-order valence-corrected chi connectivity index (χ1v) is 10.6. The minimum absolute atomic E-state index is 0.407. The van der Waals surface area contributed by atoms with Gasteiger partial charge in [-0.05, 0) is 49.4 Å². The lowest BCUT2D eigenvalue weighted by Gasteiger charge is -2.23. The molecular weight excluding hydrogens is 340 g/mol. The van der Waals surface area contributed by atoms with E-state index < -0.39 is 9.84 Å². The quantitative estimate of drug-likeness (QED) is 0.774. The SMILES string of the molecule is O=S(=O)(c1cccs1)c1cn(CC2CCCNC2)c2ccccc12. The lowest BCUT2D eigenvalue weighted by Crippen LogP contribution is -2.32. The molecule has 24 heavy (non-hydrogen) atoms. The molecule has 1 saturated heterocycles. The van der Waals surface area contributed by atoms with E-state index in [2.05, 4.69) is 9.88 Å². The van der Waals surface area contributed by atoms with Crippen molar-refractivity contribution in [2.45, 2.75) is 28.5 Å². The molecule has 0 saturated carbocycles. The van der Waals surface area contributed by atoms with E-state index >= 15 is 0 Å². The van der Waals surface area contributed by atoms with Gasteiger partial charge in [0.05, 0.1) is 4.90 Å². The Kier molecular flexibility index (Phi) is 4.20. The van der Waals surface area contributed by atoms with Gasteiger partial charge in [0, 0.05) is 23.6 Å². The van der Waals surface area contributed by atoms with Gasteiger partial charge in [-0.1, -0.05) is 24.3 Å². The van der Waals surface area contributed by atoms with E-state index in [0.29, 0.717) is 15.0 Å². The van der Waals surface area contributed by atoms with Gasteiger partial charge in [-0.3, -0.25) is 0 Å². The number of nitrogens with one attached hydrogen (secondary N) is 1. The third-order valence-electron chi connectivity index (χ3n) is 4.66. The molecular formula is C18H20N2O2S2. The second-order valence-electron chi connectivity index (χ2n) is 6.31. The largest absolute Gasteiger partial charge is 0.346 e. The summed E-state index contributed by atoms with van der Waals surface area (Å²) < 4.78 is 28.5. The number of thiophene rings is 1. The summed E-state index contributed by atoms with van der Waals surface area (Å²) in [5.41, 5.74) is 0.998. The Hall–Kier alpha value is -1.63. The van der Waals surface area contributed by atoms with Crippen molar-refractivity contribution in [3.63, 3.8) is 0 Å². The molecule has 3 aromatic rings. The second kappa shape index (κ2) is 6.35. The summed E-state index contributed by atoms with van der Waals surface area (Å²) in [6.45, 7) is 2.94. The fraction of sp³-hybridized carbons (Fsp3) is 0.333. The van der Waals surface area contributed by atoms with Crippen molar-refractivity contribution in [1.82, 2.24) is 9.88 Å². The zero-order chi connectivity index (χ0) is 16.6. The van der Waals surface area contributed by atoms with Crippen molar-refractivity contribution in [2.75, 3.05) is 13.1 Å².